The van der Waals surface area contributed by atoms with Crippen LogP contribution in [-0.4, -0.2) is 4.57 Å². The van der Waals surface area contributed by atoms with E-state index in [0.29, 0.717) is 0 Å². The molecule has 0 spiro atoms. The zero-order chi connectivity index (χ0) is 42.8. The fourth-order valence-corrected chi connectivity index (χ4v) is 9.13. The molecule has 11 aromatic rings. The number of thiophene rings is 1. The van der Waals surface area contributed by atoms with E-state index in [1.807, 2.05) is 35.6 Å². The van der Waals surface area contributed by atoms with Gasteiger partial charge in [-0.15, -0.1) is 11.3 Å². The summed E-state index contributed by atoms with van der Waals surface area (Å²) in [5.41, 5.74) is 14.5. The molecule has 0 saturated carbocycles. The number of aromatic nitrogens is 1. The Balaban J connectivity index is 0.000000187. The first-order valence-corrected chi connectivity index (χ1v) is 21.7. The SMILES string of the molecule is Cc1ccc2c(c1)sc1ccccc12.Cc1cccc(-n2c3ccccc3c3ccc(-c4ccccc4Nc4ccc(-c5ccccc5)cc4)cc32)c1.Cc1ccccc1.NN. The van der Waals surface area contributed by atoms with E-state index >= 15 is 0 Å². The van der Waals surface area contributed by atoms with Gasteiger partial charge in [0.05, 0.1) is 11.0 Å². The minimum Gasteiger partial charge on any atom is -0.355 e. The number of rotatable bonds is 5. The van der Waals surface area contributed by atoms with Crippen molar-refractivity contribution in [2.45, 2.75) is 20.8 Å². The summed E-state index contributed by atoms with van der Waals surface area (Å²) in [4.78, 5) is 0. The van der Waals surface area contributed by atoms with Crippen LogP contribution in [0, 0.1) is 20.8 Å². The summed E-state index contributed by atoms with van der Waals surface area (Å²) in [7, 11) is 0. The Kier molecular flexibility index (Phi) is 13.0. The Morgan fingerprint density at radius 2 is 0.952 bits per heavy atom. The van der Waals surface area contributed by atoms with E-state index < -0.39 is 0 Å². The van der Waals surface area contributed by atoms with Gasteiger partial charge in [0.2, 0.25) is 0 Å². The fourth-order valence-electron chi connectivity index (χ4n) is 7.93. The van der Waals surface area contributed by atoms with Crippen molar-refractivity contribution in [3.05, 3.63) is 235 Å². The first-order valence-electron chi connectivity index (χ1n) is 20.8. The van der Waals surface area contributed by atoms with Gasteiger partial charge >= 0.3 is 0 Å². The highest BCUT2D eigenvalue weighted by Gasteiger charge is 2.15. The molecule has 0 saturated heterocycles. The number of fused-ring (bicyclic) bond motifs is 6. The maximum absolute atomic E-state index is 4.00. The lowest BCUT2D eigenvalue weighted by Gasteiger charge is -2.14. The molecule has 0 bridgehead atoms. The Labute approximate surface area is 368 Å². The van der Waals surface area contributed by atoms with Crippen molar-refractivity contribution in [1.82, 2.24) is 4.57 Å². The van der Waals surface area contributed by atoms with Gasteiger partial charge < -0.3 is 9.88 Å². The van der Waals surface area contributed by atoms with Crippen molar-refractivity contribution in [1.29, 1.82) is 0 Å². The van der Waals surface area contributed by atoms with Crippen LogP contribution < -0.4 is 17.0 Å². The van der Waals surface area contributed by atoms with Crippen LogP contribution >= 0.6 is 11.3 Å². The normalized spacial score (nSPS) is 10.7. The van der Waals surface area contributed by atoms with E-state index in [2.05, 4.69) is 236 Å². The predicted molar refractivity (Wildman–Crippen MR) is 270 cm³/mol. The summed E-state index contributed by atoms with van der Waals surface area (Å²) in [5.74, 6) is 8.00. The molecule has 5 N–H and O–H groups in total. The van der Waals surface area contributed by atoms with Gasteiger partial charge in [-0.2, -0.15) is 0 Å². The Morgan fingerprint density at radius 1 is 0.387 bits per heavy atom. The molecule has 0 amide bonds. The number of nitrogens with two attached hydrogens (primary N) is 2. The number of para-hydroxylation sites is 2. The number of nitrogens with zero attached hydrogens (tertiary/aromatic N) is 1. The predicted octanol–water partition coefficient (Wildman–Crippen LogP) is 15.3. The number of anilines is 2. The highest BCUT2D eigenvalue weighted by atomic mass is 32.1. The average molecular weight is 823 g/mol. The van der Waals surface area contributed by atoms with E-state index in [4.69, 9.17) is 0 Å². The second-order valence-corrected chi connectivity index (χ2v) is 16.4. The smallest absolute Gasteiger partial charge is 0.0547 e. The molecule has 2 aromatic heterocycles. The van der Waals surface area contributed by atoms with Crippen molar-refractivity contribution in [2.75, 3.05) is 5.32 Å². The van der Waals surface area contributed by atoms with Crippen molar-refractivity contribution in [3.8, 4) is 27.9 Å². The maximum atomic E-state index is 4.00. The molecule has 0 fully saturated rings. The molecule has 0 unspecified atom stereocenters. The molecule has 0 aliphatic heterocycles. The summed E-state index contributed by atoms with van der Waals surface area (Å²) in [6.45, 7) is 6.38. The fraction of sp³-hybridized carbons (Fsp3) is 0.0526. The van der Waals surface area contributed by atoms with Crippen LogP contribution in [-0.2, 0) is 0 Å². The van der Waals surface area contributed by atoms with E-state index in [0.717, 1.165) is 11.4 Å². The number of nitrogens with one attached hydrogen (secondary N) is 1. The van der Waals surface area contributed by atoms with E-state index in [9.17, 15) is 0 Å². The van der Waals surface area contributed by atoms with Crippen LogP contribution in [0.1, 0.15) is 16.7 Å². The third-order valence-corrected chi connectivity index (χ3v) is 12.1. The standard InChI is InChI=1S/C37H28N2.C13H10S.C7H8.H4N2/c1-26-10-9-13-31(24-26)39-36-17-8-6-15-33(36)34-23-20-29(25-37(34)39)32-14-5-7-16-35(32)38-30-21-18-28(19-22-30)27-11-3-2-4-12-27;1-9-6-7-11-10-4-2-3-5-12(10)14-13(11)8-9;1-7-5-3-2-4-6-7;1-2/h2-25,38H,1H3;2-8H,1H3;2-6H,1H3;1-2H2. The van der Waals surface area contributed by atoms with Crippen LogP contribution in [0.15, 0.2) is 218 Å². The largest absolute Gasteiger partial charge is 0.355 e. The Hall–Kier alpha value is -7.28. The molecule has 9 aromatic carbocycles. The number of benzene rings is 9. The first kappa shape index (κ1) is 41.5. The zero-order valence-electron chi connectivity index (χ0n) is 35.3. The summed E-state index contributed by atoms with van der Waals surface area (Å²) < 4.78 is 5.17. The monoisotopic (exact) mass is 822 g/mol. The third-order valence-electron chi connectivity index (χ3n) is 10.9. The number of hydrazine groups is 1. The average Bonchev–Trinajstić information content (AvgIpc) is 3.86. The second kappa shape index (κ2) is 19.4. The van der Waals surface area contributed by atoms with Crippen molar-refractivity contribution < 1.29 is 0 Å². The lowest BCUT2D eigenvalue weighted by Crippen LogP contribution is -2.02. The Morgan fingerprint density at radius 3 is 1.69 bits per heavy atom. The van der Waals surface area contributed by atoms with Crippen LogP contribution in [0.5, 0.6) is 0 Å². The number of aryl methyl sites for hydroxylation is 3. The summed E-state index contributed by atoms with van der Waals surface area (Å²) >= 11 is 1.88. The molecule has 0 atom stereocenters. The summed E-state index contributed by atoms with van der Waals surface area (Å²) in [6.07, 6.45) is 0. The highest BCUT2D eigenvalue weighted by Crippen LogP contribution is 2.38. The first-order chi connectivity index (χ1) is 30.5. The number of hydrogen-bond donors (Lipinski definition) is 3. The van der Waals surface area contributed by atoms with E-state index in [-0.39, 0.29) is 0 Å². The van der Waals surface area contributed by atoms with Crippen LogP contribution in [0.3, 0.4) is 0 Å². The van der Waals surface area contributed by atoms with Gasteiger partial charge in [0, 0.05) is 53.6 Å². The molecular formula is C57H50N4S. The highest BCUT2D eigenvalue weighted by molar-refractivity contribution is 7.25. The summed E-state index contributed by atoms with van der Waals surface area (Å²) in [5, 5.41) is 8.97. The molecule has 2 heterocycles. The minimum atomic E-state index is 1.07. The molecule has 11 rings (SSSR count). The van der Waals surface area contributed by atoms with E-state index in [1.54, 1.807) is 0 Å². The summed E-state index contributed by atoms with van der Waals surface area (Å²) in [6, 6.07) is 77.5. The molecule has 62 heavy (non-hydrogen) atoms. The van der Waals surface area contributed by atoms with Gasteiger partial charge in [-0.05, 0) is 103 Å². The van der Waals surface area contributed by atoms with Crippen LogP contribution in [0.4, 0.5) is 11.4 Å². The molecular weight excluding hydrogens is 773 g/mol. The lowest BCUT2D eigenvalue weighted by atomic mass is 10.0. The molecule has 5 heteroatoms. The second-order valence-electron chi connectivity index (χ2n) is 15.3. The molecule has 0 aliphatic carbocycles. The lowest BCUT2D eigenvalue weighted by molar-refractivity contribution is 1.17. The van der Waals surface area contributed by atoms with Crippen molar-refractivity contribution in [2.24, 2.45) is 11.7 Å². The molecule has 304 valence electrons. The van der Waals surface area contributed by atoms with Crippen LogP contribution in [0.2, 0.25) is 0 Å². The van der Waals surface area contributed by atoms with Gasteiger partial charge in [-0.25, -0.2) is 0 Å². The minimum absolute atomic E-state index is 1.07. The van der Waals surface area contributed by atoms with Gasteiger partial charge in [0.15, 0.2) is 0 Å². The van der Waals surface area contributed by atoms with Gasteiger partial charge in [-0.1, -0.05) is 169 Å². The van der Waals surface area contributed by atoms with Gasteiger partial charge in [-0.3, -0.25) is 11.7 Å². The topological polar surface area (TPSA) is 69.0 Å². The van der Waals surface area contributed by atoms with Crippen molar-refractivity contribution >= 4 is 64.7 Å². The maximum Gasteiger partial charge on any atom is 0.0547 e. The van der Waals surface area contributed by atoms with E-state index in [1.165, 1.54) is 86.6 Å². The third kappa shape index (κ3) is 9.21. The molecule has 0 aliphatic rings. The molecule has 0 radical (unpaired) electrons. The van der Waals surface area contributed by atoms with Crippen LogP contribution in [0.25, 0.3) is 69.9 Å². The number of hydrogen-bond acceptors (Lipinski definition) is 4. The quantitative estimate of drug-likeness (QED) is 0.120. The zero-order valence-corrected chi connectivity index (χ0v) is 36.1. The van der Waals surface area contributed by atoms with Gasteiger partial charge in [0.1, 0.15) is 0 Å². The van der Waals surface area contributed by atoms with Crippen molar-refractivity contribution in [3.63, 3.8) is 0 Å². The molecule has 4 nitrogen and oxygen atoms in total. The van der Waals surface area contributed by atoms with Gasteiger partial charge in [0.25, 0.3) is 0 Å². The Bertz CT molecular complexity index is 3200.